The van der Waals surface area contributed by atoms with Crippen LogP contribution in [0.2, 0.25) is 0 Å². The third kappa shape index (κ3) is 5.82. The number of amides is 4. The van der Waals surface area contributed by atoms with Crippen molar-refractivity contribution in [1.29, 1.82) is 0 Å². The lowest BCUT2D eigenvalue weighted by Gasteiger charge is -2.33. The third-order valence-electron chi connectivity index (χ3n) is 4.56. The normalized spacial score (nSPS) is 15.3. The molecule has 0 saturated carbocycles. The molecule has 8 heteroatoms. The van der Waals surface area contributed by atoms with E-state index >= 15 is 0 Å². The Morgan fingerprint density at radius 1 is 0.962 bits per heavy atom. The summed E-state index contributed by atoms with van der Waals surface area (Å²) in [5.74, 6) is -0.366. The van der Waals surface area contributed by atoms with Crippen LogP contribution in [0.3, 0.4) is 0 Å². The number of nitrogens with one attached hydrogen (secondary N) is 3. The van der Waals surface area contributed by atoms with Crippen molar-refractivity contribution in [1.82, 2.24) is 20.4 Å². The quantitative estimate of drug-likeness (QED) is 0.702. The molecule has 0 spiro atoms. The Kier molecular flexibility index (Phi) is 7.11. The molecule has 1 aromatic rings. The molecule has 0 bridgehead atoms. The molecule has 1 heterocycles. The number of anilines is 1. The lowest BCUT2D eigenvalue weighted by atomic mass is 10.1. The van der Waals surface area contributed by atoms with E-state index < -0.39 is 6.03 Å². The van der Waals surface area contributed by atoms with E-state index in [9.17, 15) is 14.4 Å². The Bertz CT molecular complexity index is 669. The zero-order valence-electron chi connectivity index (χ0n) is 15.6. The minimum absolute atomic E-state index is 0.0375. The van der Waals surface area contributed by atoms with Gasteiger partial charge in [-0.2, -0.15) is 0 Å². The topological polar surface area (TPSA) is 93.8 Å². The van der Waals surface area contributed by atoms with Gasteiger partial charge in [0.1, 0.15) is 0 Å². The van der Waals surface area contributed by atoms with Crippen LogP contribution >= 0.6 is 0 Å². The molecule has 1 aromatic carbocycles. The number of hydrogen-bond acceptors (Lipinski definition) is 5. The van der Waals surface area contributed by atoms with Gasteiger partial charge in [0.25, 0.3) is 0 Å². The highest BCUT2D eigenvalue weighted by Crippen LogP contribution is 2.17. The summed E-state index contributed by atoms with van der Waals surface area (Å²) in [6.07, 6.45) is 0. The second-order valence-corrected chi connectivity index (χ2v) is 6.48. The molecule has 3 N–H and O–H groups in total. The molecule has 1 fully saturated rings. The van der Waals surface area contributed by atoms with E-state index in [1.54, 1.807) is 0 Å². The SMILES string of the molecule is CNC(=O)NC(=O)CN1CCN(CC(=O)Nc2cccc(C)c2C)CC1. The van der Waals surface area contributed by atoms with Crippen LogP contribution in [0.1, 0.15) is 11.1 Å². The first-order chi connectivity index (χ1) is 12.4. The van der Waals surface area contributed by atoms with Gasteiger partial charge in [0.15, 0.2) is 0 Å². The first-order valence-corrected chi connectivity index (χ1v) is 8.71. The van der Waals surface area contributed by atoms with Gasteiger partial charge in [-0.05, 0) is 31.0 Å². The molecule has 0 unspecified atom stereocenters. The van der Waals surface area contributed by atoms with Gasteiger partial charge in [0.05, 0.1) is 13.1 Å². The first-order valence-electron chi connectivity index (χ1n) is 8.71. The standard InChI is InChI=1S/C18H27N5O3/c1-13-5-4-6-15(14(13)2)20-16(24)11-22-7-9-23(10-8-22)12-17(25)21-18(26)19-3/h4-6H,7-12H2,1-3H3,(H,20,24)(H2,19,21,25,26). The maximum atomic E-state index is 12.3. The largest absolute Gasteiger partial charge is 0.341 e. The zero-order valence-corrected chi connectivity index (χ0v) is 15.6. The molecule has 0 atom stereocenters. The maximum absolute atomic E-state index is 12.3. The van der Waals surface area contributed by atoms with Crippen LogP contribution in [0, 0.1) is 13.8 Å². The summed E-state index contributed by atoms with van der Waals surface area (Å²) in [7, 11) is 1.46. The average Bonchev–Trinajstić information content (AvgIpc) is 2.60. The second kappa shape index (κ2) is 9.30. The van der Waals surface area contributed by atoms with Crippen LogP contribution in [-0.2, 0) is 9.59 Å². The van der Waals surface area contributed by atoms with Crippen molar-refractivity contribution in [2.45, 2.75) is 13.8 Å². The van der Waals surface area contributed by atoms with E-state index in [1.807, 2.05) is 36.9 Å². The molecular weight excluding hydrogens is 334 g/mol. The van der Waals surface area contributed by atoms with Gasteiger partial charge in [0.2, 0.25) is 11.8 Å². The molecule has 4 amide bonds. The van der Waals surface area contributed by atoms with Gasteiger partial charge < -0.3 is 10.6 Å². The fourth-order valence-electron chi connectivity index (χ4n) is 2.82. The summed E-state index contributed by atoms with van der Waals surface area (Å²) in [5.41, 5.74) is 3.07. The van der Waals surface area contributed by atoms with Crippen LogP contribution in [-0.4, -0.2) is 74.0 Å². The van der Waals surface area contributed by atoms with Crippen LogP contribution in [0.5, 0.6) is 0 Å². The van der Waals surface area contributed by atoms with Crippen LogP contribution in [0.4, 0.5) is 10.5 Å². The molecule has 8 nitrogen and oxygen atoms in total. The fraction of sp³-hybridized carbons (Fsp3) is 0.500. The highest BCUT2D eigenvalue weighted by Gasteiger charge is 2.21. The number of piperazine rings is 1. The van der Waals surface area contributed by atoms with Crippen LogP contribution in [0.15, 0.2) is 18.2 Å². The number of benzene rings is 1. The second-order valence-electron chi connectivity index (χ2n) is 6.48. The molecule has 0 aromatic heterocycles. The monoisotopic (exact) mass is 361 g/mol. The lowest BCUT2D eigenvalue weighted by Crippen LogP contribution is -2.52. The third-order valence-corrected chi connectivity index (χ3v) is 4.56. The van der Waals surface area contributed by atoms with Gasteiger partial charge in [0, 0.05) is 38.9 Å². The number of hydrogen-bond donors (Lipinski definition) is 3. The maximum Gasteiger partial charge on any atom is 0.321 e. The number of carbonyl (C=O) groups is 3. The molecule has 1 aliphatic heterocycles. The van der Waals surface area contributed by atoms with Gasteiger partial charge in [-0.1, -0.05) is 12.1 Å². The number of urea groups is 1. The fourth-order valence-corrected chi connectivity index (χ4v) is 2.82. The minimum Gasteiger partial charge on any atom is -0.341 e. The summed E-state index contributed by atoms with van der Waals surface area (Å²) in [6, 6.07) is 5.35. The summed E-state index contributed by atoms with van der Waals surface area (Å²) in [5, 5.41) is 7.56. The van der Waals surface area contributed by atoms with Crippen molar-refractivity contribution in [2.24, 2.45) is 0 Å². The minimum atomic E-state index is -0.503. The van der Waals surface area contributed by atoms with Crippen molar-refractivity contribution in [3.63, 3.8) is 0 Å². The smallest absolute Gasteiger partial charge is 0.321 e. The Morgan fingerprint density at radius 2 is 1.54 bits per heavy atom. The molecular formula is C18H27N5O3. The zero-order chi connectivity index (χ0) is 19.1. The number of carbonyl (C=O) groups excluding carboxylic acids is 3. The van der Waals surface area contributed by atoms with Crippen molar-refractivity contribution < 1.29 is 14.4 Å². The van der Waals surface area contributed by atoms with Gasteiger partial charge >= 0.3 is 6.03 Å². The highest BCUT2D eigenvalue weighted by atomic mass is 16.2. The van der Waals surface area contributed by atoms with Crippen molar-refractivity contribution in [3.05, 3.63) is 29.3 Å². The average molecular weight is 361 g/mol. The molecule has 2 rings (SSSR count). The molecule has 1 aliphatic rings. The predicted octanol–water partition coefficient (Wildman–Crippen LogP) is 0.315. The molecule has 1 saturated heterocycles. The van der Waals surface area contributed by atoms with Crippen molar-refractivity contribution >= 4 is 23.5 Å². The van der Waals surface area contributed by atoms with E-state index in [0.717, 1.165) is 16.8 Å². The Morgan fingerprint density at radius 3 is 2.12 bits per heavy atom. The summed E-state index contributed by atoms with van der Waals surface area (Å²) < 4.78 is 0. The van der Waals surface area contributed by atoms with Gasteiger partial charge in [-0.3, -0.25) is 24.7 Å². The predicted molar refractivity (Wildman–Crippen MR) is 100 cm³/mol. The van der Waals surface area contributed by atoms with Gasteiger partial charge in [-0.25, -0.2) is 4.79 Å². The van der Waals surface area contributed by atoms with Crippen LogP contribution in [0.25, 0.3) is 0 Å². The number of nitrogens with zero attached hydrogens (tertiary/aromatic N) is 2. The van der Waals surface area contributed by atoms with Crippen LogP contribution < -0.4 is 16.0 Å². The molecule has 0 aliphatic carbocycles. The summed E-state index contributed by atoms with van der Waals surface area (Å²) in [6.45, 7) is 7.27. The van der Waals surface area contributed by atoms with E-state index in [2.05, 4.69) is 20.9 Å². The summed E-state index contributed by atoms with van der Waals surface area (Å²) >= 11 is 0. The first kappa shape index (κ1) is 19.9. The Balaban J connectivity index is 1.74. The Labute approximate surface area is 153 Å². The molecule has 26 heavy (non-hydrogen) atoms. The van der Waals surface area contributed by atoms with E-state index in [0.29, 0.717) is 32.7 Å². The lowest BCUT2D eigenvalue weighted by molar-refractivity contribution is -0.122. The number of imide groups is 1. The van der Waals surface area contributed by atoms with Crippen molar-refractivity contribution in [2.75, 3.05) is 51.6 Å². The number of aryl methyl sites for hydroxylation is 1. The molecule has 142 valence electrons. The van der Waals surface area contributed by atoms with E-state index in [-0.39, 0.29) is 18.4 Å². The molecule has 0 radical (unpaired) electrons. The van der Waals surface area contributed by atoms with E-state index in [4.69, 9.17) is 0 Å². The highest BCUT2D eigenvalue weighted by molar-refractivity contribution is 5.95. The van der Waals surface area contributed by atoms with E-state index in [1.165, 1.54) is 7.05 Å². The number of rotatable bonds is 5. The van der Waals surface area contributed by atoms with Crippen molar-refractivity contribution in [3.8, 4) is 0 Å². The summed E-state index contributed by atoms with van der Waals surface area (Å²) in [4.78, 5) is 39.1. The van der Waals surface area contributed by atoms with Gasteiger partial charge in [-0.15, -0.1) is 0 Å². The Hall–Kier alpha value is -2.45.